The number of pyridine rings is 1. The molecule has 1 amide bonds. The Kier molecular flexibility index (Phi) is 5.90. The molecule has 0 radical (unpaired) electrons. The quantitative estimate of drug-likeness (QED) is 0.390. The van der Waals surface area contributed by atoms with Gasteiger partial charge in [0.05, 0.1) is 12.3 Å². The van der Waals surface area contributed by atoms with Crippen LogP contribution in [0, 0.1) is 5.82 Å². The number of amides is 1. The Labute approximate surface area is 177 Å². The molecule has 0 aliphatic rings. The molecule has 5 nitrogen and oxygen atoms in total. The Morgan fingerprint density at radius 3 is 2.77 bits per heavy atom. The fourth-order valence-corrected chi connectivity index (χ4v) is 4.17. The first-order valence-electron chi connectivity index (χ1n) is 9.54. The van der Waals surface area contributed by atoms with Crippen LogP contribution < -0.4 is 10.6 Å². The van der Waals surface area contributed by atoms with Crippen molar-refractivity contribution in [2.45, 2.75) is 19.4 Å². The molecular weight excluding hydrogens is 401 g/mol. The van der Waals surface area contributed by atoms with Crippen LogP contribution in [-0.4, -0.2) is 10.9 Å². The molecule has 1 atom stereocenters. The fraction of sp³-hybridized carbons (Fsp3) is 0.130. The van der Waals surface area contributed by atoms with E-state index in [0.717, 1.165) is 22.4 Å². The first-order chi connectivity index (χ1) is 14.6. The Morgan fingerprint density at radius 1 is 1.17 bits per heavy atom. The zero-order chi connectivity index (χ0) is 20.9. The number of anilines is 2. The predicted octanol–water partition coefficient (Wildman–Crippen LogP) is 5.89. The van der Waals surface area contributed by atoms with Gasteiger partial charge in [-0.15, -0.1) is 11.3 Å². The van der Waals surface area contributed by atoms with E-state index >= 15 is 0 Å². The Morgan fingerprint density at radius 2 is 2.07 bits per heavy atom. The summed E-state index contributed by atoms with van der Waals surface area (Å²) in [5, 5.41) is 7.01. The lowest BCUT2D eigenvalue weighted by molar-refractivity contribution is 0.0997. The van der Waals surface area contributed by atoms with Gasteiger partial charge in [0, 0.05) is 16.6 Å². The molecule has 4 aromatic rings. The minimum absolute atomic E-state index is 0.229. The van der Waals surface area contributed by atoms with Gasteiger partial charge in [-0.3, -0.25) is 4.79 Å². The fourth-order valence-electron chi connectivity index (χ4n) is 3.14. The maximum Gasteiger partial charge on any atom is 0.291 e. The molecule has 7 heteroatoms. The molecule has 0 saturated carbocycles. The molecule has 1 aromatic carbocycles. The SMILES string of the molecule is CCc1cc([C@H](Nc2ccccn2)c2cccc(F)c2)c(NC(=O)c2ccco2)s1. The van der Waals surface area contributed by atoms with Gasteiger partial charge in [-0.25, -0.2) is 9.37 Å². The number of rotatable bonds is 7. The average Bonchev–Trinajstić information content (AvgIpc) is 3.43. The second kappa shape index (κ2) is 8.92. The van der Waals surface area contributed by atoms with E-state index in [9.17, 15) is 9.18 Å². The van der Waals surface area contributed by atoms with Crippen LogP contribution >= 0.6 is 11.3 Å². The molecule has 0 unspecified atom stereocenters. The summed E-state index contributed by atoms with van der Waals surface area (Å²) in [6.07, 6.45) is 3.96. The van der Waals surface area contributed by atoms with Crippen LogP contribution in [0.5, 0.6) is 0 Å². The summed E-state index contributed by atoms with van der Waals surface area (Å²) < 4.78 is 19.2. The van der Waals surface area contributed by atoms with Gasteiger partial charge in [0.15, 0.2) is 5.76 Å². The van der Waals surface area contributed by atoms with Gasteiger partial charge in [0.2, 0.25) is 0 Å². The summed E-state index contributed by atoms with van der Waals surface area (Å²) in [6, 6.07) is 16.9. The smallest absolute Gasteiger partial charge is 0.291 e. The van der Waals surface area contributed by atoms with E-state index in [1.807, 2.05) is 30.3 Å². The molecule has 0 saturated heterocycles. The van der Waals surface area contributed by atoms with Crippen molar-refractivity contribution in [2.24, 2.45) is 0 Å². The Hall–Kier alpha value is -3.45. The summed E-state index contributed by atoms with van der Waals surface area (Å²) in [6.45, 7) is 2.05. The molecular formula is C23H20FN3O2S. The number of nitrogens with one attached hydrogen (secondary N) is 2. The molecule has 152 valence electrons. The van der Waals surface area contributed by atoms with Crippen molar-refractivity contribution < 1.29 is 13.6 Å². The van der Waals surface area contributed by atoms with E-state index in [4.69, 9.17) is 4.42 Å². The van der Waals surface area contributed by atoms with Crippen molar-refractivity contribution in [1.29, 1.82) is 0 Å². The third kappa shape index (κ3) is 4.41. The summed E-state index contributed by atoms with van der Waals surface area (Å²) in [5.41, 5.74) is 1.57. The maximum atomic E-state index is 14.0. The summed E-state index contributed by atoms with van der Waals surface area (Å²) in [5.74, 6) is 0.223. The predicted molar refractivity (Wildman–Crippen MR) is 116 cm³/mol. The van der Waals surface area contributed by atoms with E-state index in [1.54, 1.807) is 24.4 Å². The highest BCUT2D eigenvalue weighted by molar-refractivity contribution is 7.16. The minimum Gasteiger partial charge on any atom is -0.459 e. The first-order valence-corrected chi connectivity index (χ1v) is 10.4. The summed E-state index contributed by atoms with van der Waals surface area (Å²) in [7, 11) is 0. The Bertz CT molecular complexity index is 1130. The number of aromatic nitrogens is 1. The van der Waals surface area contributed by atoms with E-state index in [-0.39, 0.29) is 17.5 Å². The molecule has 0 bridgehead atoms. The van der Waals surface area contributed by atoms with Gasteiger partial charge in [0.1, 0.15) is 16.6 Å². The number of benzene rings is 1. The number of aryl methyl sites for hydroxylation is 1. The summed E-state index contributed by atoms with van der Waals surface area (Å²) in [4.78, 5) is 18.1. The molecule has 3 heterocycles. The van der Waals surface area contributed by atoms with Crippen LogP contribution in [0.25, 0.3) is 0 Å². The number of hydrogen-bond donors (Lipinski definition) is 2. The molecule has 2 N–H and O–H groups in total. The zero-order valence-corrected chi connectivity index (χ0v) is 17.1. The number of carbonyl (C=O) groups is 1. The average molecular weight is 421 g/mol. The molecule has 0 fully saturated rings. The standard InChI is InChI=1S/C23H20FN3O2S/c1-2-17-14-18(23(30-17)27-22(28)19-9-6-12-29-19)21(15-7-5-8-16(24)13-15)26-20-10-3-4-11-25-20/h3-14,21H,2H2,1H3,(H,25,26)(H,27,28)/t21-/m1/s1. The van der Waals surface area contributed by atoms with Crippen molar-refractivity contribution in [3.8, 4) is 0 Å². The minimum atomic E-state index is -0.404. The van der Waals surface area contributed by atoms with Crippen LogP contribution in [0.3, 0.4) is 0 Å². The second-order valence-electron chi connectivity index (χ2n) is 6.63. The van der Waals surface area contributed by atoms with Crippen molar-refractivity contribution in [3.63, 3.8) is 0 Å². The highest BCUT2D eigenvalue weighted by Crippen LogP contribution is 2.38. The van der Waals surface area contributed by atoms with Gasteiger partial charge >= 0.3 is 0 Å². The lowest BCUT2D eigenvalue weighted by atomic mass is 9.99. The van der Waals surface area contributed by atoms with E-state index in [1.165, 1.54) is 29.7 Å². The third-order valence-electron chi connectivity index (χ3n) is 4.58. The van der Waals surface area contributed by atoms with Crippen LogP contribution in [0.4, 0.5) is 15.2 Å². The topological polar surface area (TPSA) is 67.2 Å². The van der Waals surface area contributed by atoms with Gasteiger partial charge in [-0.2, -0.15) is 0 Å². The van der Waals surface area contributed by atoms with Crippen molar-refractivity contribution in [2.75, 3.05) is 10.6 Å². The van der Waals surface area contributed by atoms with Crippen LogP contribution in [0.15, 0.2) is 77.5 Å². The Balaban J connectivity index is 1.75. The van der Waals surface area contributed by atoms with Crippen LogP contribution in [0.1, 0.15) is 39.5 Å². The van der Waals surface area contributed by atoms with Gasteiger partial charge in [0.25, 0.3) is 5.91 Å². The van der Waals surface area contributed by atoms with Crippen molar-refractivity contribution >= 4 is 28.1 Å². The third-order valence-corrected chi connectivity index (χ3v) is 5.79. The second-order valence-corrected chi connectivity index (χ2v) is 7.77. The number of nitrogens with zero attached hydrogens (tertiary/aromatic N) is 1. The number of hydrogen-bond acceptors (Lipinski definition) is 5. The van der Waals surface area contributed by atoms with Crippen LogP contribution in [0.2, 0.25) is 0 Å². The van der Waals surface area contributed by atoms with Gasteiger partial charge in [-0.05, 0) is 54.4 Å². The highest BCUT2D eigenvalue weighted by Gasteiger charge is 2.23. The van der Waals surface area contributed by atoms with Crippen molar-refractivity contribution in [3.05, 3.63) is 101 Å². The summed E-state index contributed by atoms with van der Waals surface area (Å²) >= 11 is 1.50. The van der Waals surface area contributed by atoms with E-state index in [0.29, 0.717) is 10.8 Å². The highest BCUT2D eigenvalue weighted by atomic mass is 32.1. The maximum absolute atomic E-state index is 14.0. The molecule has 4 rings (SSSR count). The largest absolute Gasteiger partial charge is 0.459 e. The molecule has 0 aliphatic carbocycles. The number of thiophene rings is 1. The van der Waals surface area contributed by atoms with Crippen LogP contribution in [-0.2, 0) is 6.42 Å². The van der Waals surface area contributed by atoms with Gasteiger partial charge in [-0.1, -0.05) is 25.1 Å². The number of halogens is 1. The lowest BCUT2D eigenvalue weighted by Crippen LogP contribution is -2.17. The zero-order valence-electron chi connectivity index (χ0n) is 16.3. The molecule has 3 aromatic heterocycles. The van der Waals surface area contributed by atoms with Crippen molar-refractivity contribution in [1.82, 2.24) is 4.98 Å². The lowest BCUT2D eigenvalue weighted by Gasteiger charge is -2.21. The molecule has 30 heavy (non-hydrogen) atoms. The number of carbonyl (C=O) groups excluding carboxylic acids is 1. The molecule has 0 spiro atoms. The first kappa shape index (κ1) is 19.8. The normalized spacial score (nSPS) is 11.8. The monoisotopic (exact) mass is 421 g/mol. The van der Waals surface area contributed by atoms with E-state index in [2.05, 4.69) is 22.5 Å². The number of furan rings is 1. The molecule has 0 aliphatic heterocycles. The van der Waals surface area contributed by atoms with Gasteiger partial charge < -0.3 is 15.1 Å². The van der Waals surface area contributed by atoms with E-state index < -0.39 is 6.04 Å².